The van der Waals surface area contributed by atoms with Crippen LogP contribution in [0, 0.1) is 0 Å². The van der Waals surface area contributed by atoms with E-state index in [9.17, 15) is 14.7 Å². The Labute approximate surface area is 117 Å². The van der Waals surface area contributed by atoms with Crippen molar-refractivity contribution < 1.29 is 19.4 Å². The molecule has 1 aromatic carbocycles. The van der Waals surface area contributed by atoms with Gasteiger partial charge in [0.05, 0.1) is 13.2 Å². The summed E-state index contributed by atoms with van der Waals surface area (Å²) >= 11 is 0. The molecule has 1 fully saturated rings. The minimum atomic E-state index is -0.966. The van der Waals surface area contributed by atoms with Crippen molar-refractivity contribution in [3.05, 3.63) is 35.9 Å². The molecule has 0 aliphatic carbocycles. The van der Waals surface area contributed by atoms with Crippen LogP contribution in [-0.2, 0) is 14.3 Å². The molecule has 0 aromatic heterocycles. The molecule has 1 saturated heterocycles. The Morgan fingerprint density at radius 2 is 2.10 bits per heavy atom. The lowest BCUT2D eigenvalue weighted by molar-refractivity contribution is -0.151. The maximum Gasteiger partial charge on any atom is 0.325 e. The molecule has 1 aliphatic heterocycles. The van der Waals surface area contributed by atoms with Gasteiger partial charge < -0.3 is 15.2 Å². The summed E-state index contributed by atoms with van der Waals surface area (Å²) in [6.07, 6.45) is 0. The molecular formula is C14H18N2O4. The first kappa shape index (κ1) is 14.5. The van der Waals surface area contributed by atoms with Crippen molar-refractivity contribution in [2.75, 3.05) is 26.8 Å². The van der Waals surface area contributed by atoms with Crippen LogP contribution in [0.15, 0.2) is 30.3 Å². The minimum absolute atomic E-state index is 0.205. The molecule has 2 unspecified atom stereocenters. The third-order valence-electron chi connectivity index (χ3n) is 3.40. The van der Waals surface area contributed by atoms with E-state index in [4.69, 9.17) is 4.74 Å². The molecule has 0 saturated carbocycles. The van der Waals surface area contributed by atoms with Gasteiger partial charge >= 0.3 is 5.97 Å². The average Bonchev–Trinajstić information content (AvgIpc) is 2.48. The van der Waals surface area contributed by atoms with Crippen LogP contribution in [-0.4, -0.2) is 54.7 Å². The number of aliphatic carboxylic acids is 1. The van der Waals surface area contributed by atoms with E-state index in [-0.39, 0.29) is 12.5 Å². The van der Waals surface area contributed by atoms with Crippen molar-refractivity contribution in [3.63, 3.8) is 0 Å². The van der Waals surface area contributed by atoms with E-state index in [1.807, 2.05) is 6.07 Å². The van der Waals surface area contributed by atoms with E-state index in [0.717, 1.165) is 0 Å². The number of morpholine rings is 1. The van der Waals surface area contributed by atoms with Crippen LogP contribution in [0.2, 0.25) is 0 Å². The highest BCUT2D eigenvalue weighted by molar-refractivity contribution is 5.83. The molecule has 0 spiro atoms. The van der Waals surface area contributed by atoms with Crippen LogP contribution in [0.3, 0.4) is 0 Å². The van der Waals surface area contributed by atoms with Gasteiger partial charge in [-0.05, 0) is 5.56 Å². The molecule has 1 aliphatic rings. The predicted molar refractivity (Wildman–Crippen MR) is 72.2 cm³/mol. The number of carbonyl (C=O) groups is 2. The number of rotatable bonds is 4. The fraction of sp³-hybridized carbons (Fsp3) is 0.429. The Kier molecular flexibility index (Phi) is 4.70. The van der Waals surface area contributed by atoms with Crippen molar-refractivity contribution >= 4 is 11.9 Å². The number of carboxylic acids is 1. The van der Waals surface area contributed by atoms with Crippen LogP contribution < -0.4 is 5.32 Å². The van der Waals surface area contributed by atoms with Gasteiger partial charge in [-0.15, -0.1) is 0 Å². The van der Waals surface area contributed by atoms with Gasteiger partial charge in [0.15, 0.2) is 0 Å². The number of benzene rings is 1. The molecule has 6 heteroatoms. The van der Waals surface area contributed by atoms with Gasteiger partial charge in [-0.25, -0.2) is 0 Å². The first-order chi connectivity index (χ1) is 9.65. The second kappa shape index (κ2) is 6.49. The summed E-state index contributed by atoms with van der Waals surface area (Å²) in [5, 5.41) is 12.1. The van der Waals surface area contributed by atoms with Gasteiger partial charge in [-0.1, -0.05) is 30.3 Å². The summed E-state index contributed by atoms with van der Waals surface area (Å²) < 4.78 is 5.31. The molecule has 1 amide bonds. The Balaban J connectivity index is 2.31. The maximum absolute atomic E-state index is 11.9. The smallest absolute Gasteiger partial charge is 0.325 e. The topological polar surface area (TPSA) is 78.9 Å². The Morgan fingerprint density at radius 1 is 1.40 bits per heavy atom. The van der Waals surface area contributed by atoms with E-state index < -0.39 is 18.1 Å². The quantitative estimate of drug-likeness (QED) is 0.826. The molecular weight excluding hydrogens is 260 g/mol. The molecule has 1 aromatic rings. The number of carboxylic acid groups (broad SMARTS) is 1. The number of carbonyl (C=O) groups excluding carboxylic acids is 1. The zero-order valence-electron chi connectivity index (χ0n) is 11.3. The lowest BCUT2D eigenvalue weighted by Gasteiger charge is -2.38. The molecule has 2 N–H and O–H groups in total. The SMILES string of the molecule is CNC(=O)C1COCCN1C(C(=O)O)c1ccccc1. The summed E-state index contributed by atoms with van der Waals surface area (Å²) in [5.74, 6) is -1.20. The van der Waals surface area contributed by atoms with Gasteiger partial charge in [-0.2, -0.15) is 0 Å². The van der Waals surface area contributed by atoms with Crippen LogP contribution in [0.4, 0.5) is 0 Å². The van der Waals surface area contributed by atoms with Crippen LogP contribution in [0.1, 0.15) is 11.6 Å². The van der Waals surface area contributed by atoms with Crippen molar-refractivity contribution in [1.29, 1.82) is 0 Å². The van der Waals surface area contributed by atoms with Crippen molar-refractivity contribution in [2.24, 2.45) is 0 Å². The van der Waals surface area contributed by atoms with E-state index in [0.29, 0.717) is 18.7 Å². The summed E-state index contributed by atoms with van der Waals surface area (Å²) in [5.41, 5.74) is 0.663. The lowest BCUT2D eigenvalue weighted by Crippen LogP contribution is -2.55. The Hall–Kier alpha value is -1.92. The molecule has 108 valence electrons. The fourth-order valence-electron chi connectivity index (χ4n) is 2.43. The lowest BCUT2D eigenvalue weighted by atomic mass is 10.0. The van der Waals surface area contributed by atoms with E-state index in [1.54, 1.807) is 29.2 Å². The minimum Gasteiger partial charge on any atom is -0.480 e. The first-order valence-corrected chi connectivity index (χ1v) is 6.48. The van der Waals surface area contributed by atoms with Crippen molar-refractivity contribution in [2.45, 2.75) is 12.1 Å². The zero-order chi connectivity index (χ0) is 14.5. The number of ether oxygens (including phenoxy) is 1. The summed E-state index contributed by atoms with van der Waals surface area (Å²) in [4.78, 5) is 25.2. The molecule has 20 heavy (non-hydrogen) atoms. The second-order valence-electron chi connectivity index (χ2n) is 4.59. The second-order valence-corrected chi connectivity index (χ2v) is 4.59. The summed E-state index contributed by atoms with van der Waals surface area (Å²) in [6.45, 7) is 1.03. The number of nitrogens with one attached hydrogen (secondary N) is 1. The van der Waals surface area contributed by atoms with Crippen molar-refractivity contribution in [3.8, 4) is 0 Å². The Morgan fingerprint density at radius 3 is 2.70 bits per heavy atom. The molecule has 0 radical (unpaired) electrons. The molecule has 2 atom stereocenters. The number of hydrogen-bond acceptors (Lipinski definition) is 4. The largest absolute Gasteiger partial charge is 0.480 e. The van der Waals surface area contributed by atoms with Crippen molar-refractivity contribution in [1.82, 2.24) is 10.2 Å². The standard InChI is InChI=1S/C14H18N2O4/c1-15-13(17)11-9-20-8-7-16(11)12(14(18)19)10-5-3-2-4-6-10/h2-6,11-12H,7-9H2,1H3,(H,15,17)(H,18,19). The van der Waals surface area contributed by atoms with Gasteiger partial charge in [-0.3, -0.25) is 14.5 Å². The summed E-state index contributed by atoms with van der Waals surface area (Å²) in [7, 11) is 1.54. The third-order valence-corrected chi connectivity index (χ3v) is 3.40. The van der Waals surface area contributed by atoms with Gasteiger partial charge in [0.2, 0.25) is 5.91 Å². The van der Waals surface area contributed by atoms with Gasteiger partial charge in [0.25, 0.3) is 0 Å². The van der Waals surface area contributed by atoms with Gasteiger partial charge in [0, 0.05) is 13.6 Å². The van der Waals surface area contributed by atoms with Crippen LogP contribution >= 0.6 is 0 Å². The molecule has 1 heterocycles. The molecule has 2 rings (SSSR count). The summed E-state index contributed by atoms with van der Waals surface area (Å²) in [6, 6.07) is 7.50. The number of likely N-dealkylation sites (N-methyl/N-ethyl adjacent to an activating group) is 1. The molecule has 0 bridgehead atoms. The number of amides is 1. The number of nitrogens with zero attached hydrogens (tertiary/aromatic N) is 1. The first-order valence-electron chi connectivity index (χ1n) is 6.48. The van der Waals surface area contributed by atoms with Crippen LogP contribution in [0.25, 0.3) is 0 Å². The van der Waals surface area contributed by atoms with Gasteiger partial charge in [0.1, 0.15) is 12.1 Å². The normalized spacial score (nSPS) is 21.1. The number of hydrogen-bond donors (Lipinski definition) is 2. The van der Waals surface area contributed by atoms with E-state index >= 15 is 0 Å². The molecule has 6 nitrogen and oxygen atoms in total. The highest BCUT2D eigenvalue weighted by Crippen LogP contribution is 2.25. The third kappa shape index (κ3) is 2.97. The zero-order valence-corrected chi connectivity index (χ0v) is 11.3. The highest BCUT2D eigenvalue weighted by atomic mass is 16.5. The predicted octanol–water partition coefficient (Wildman–Crippen LogP) is 0.259. The maximum atomic E-state index is 11.9. The van der Waals surface area contributed by atoms with E-state index in [1.165, 1.54) is 7.05 Å². The highest BCUT2D eigenvalue weighted by Gasteiger charge is 2.37. The Bertz CT molecular complexity index is 477. The average molecular weight is 278 g/mol. The monoisotopic (exact) mass is 278 g/mol. The van der Waals surface area contributed by atoms with Crippen LogP contribution in [0.5, 0.6) is 0 Å². The fourth-order valence-corrected chi connectivity index (χ4v) is 2.43. The van der Waals surface area contributed by atoms with E-state index in [2.05, 4.69) is 5.32 Å².